The minimum atomic E-state index is -0.315. The predicted molar refractivity (Wildman–Crippen MR) is 72.2 cm³/mol. The van der Waals surface area contributed by atoms with Crippen LogP contribution in [0.1, 0.15) is 5.56 Å². The summed E-state index contributed by atoms with van der Waals surface area (Å²) in [4.78, 5) is 17.6. The van der Waals surface area contributed by atoms with Crippen LogP contribution in [0.25, 0.3) is 0 Å². The molecule has 0 saturated heterocycles. The van der Waals surface area contributed by atoms with Crippen LogP contribution in [0.5, 0.6) is 0 Å². The lowest BCUT2D eigenvalue weighted by Crippen LogP contribution is -2.28. The van der Waals surface area contributed by atoms with Gasteiger partial charge in [-0.3, -0.25) is 9.69 Å². The molecule has 98 valence electrons. The van der Waals surface area contributed by atoms with Gasteiger partial charge in [0, 0.05) is 7.05 Å². The lowest BCUT2D eigenvalue weighted by atomic mass is 10.1. The summed E-state index contributed by atoms with van der Waals surface area (Å²) in [5, 5.41) is 0. The lowest BCUT2D eigenvalue weighted by Gasteiger charge is -2.16. The molecule has 2 rings (SSSR count). The summed E-state index contributed by atoms with van der Waals surface area (Å²) in [6.45, 7) is 0. The molecule has 2 N–H and O–H groups in total. The molecule has 2 aromatic rings. The number of hydrogen-bond donors (Lipinski definition) is 1. The molecule has 1 aromatic carbocycles. The third-order valence-corrected chi connectivity index (χ3v) is 2.76. The maximum Gasteiger partial charge on any atom is 0.232 e. The number of likely N-dealkylation sites (N-methyl/N-ethyl adjacent to an activating group) is 1. The summed E-state index contributed by atoms with van der Waals surface area (Å²) < 4.78 is 12.8. The molecule has 1 amide bonds. The molecule has 0 unspecified atom stereocenters. The smallest absolute Gasteiger partial charge is 0.232 e. The van der Waals surface area contributed by atoms with Gasteiger partial charge >= 0.3 is 0 Å². The van der Waals surface area contributed by atoms with Gasteiger partial charge in [0.2, 0.25) is 5.91 Å². The maximum absolute atomic E-state index is 12.8. The second kappa shape index (κ2) is 5.48. The average Bonchev–Trinajstić information content (AvgIpc) is 2.41. The van der Waals surface area contributed by atoms with Gasteiger partial charge in [0.1, 0.15) is 11.6 Å². The summed E-state index contributed by atoms with van der Waals surface area (Å²) in [6.07, 6.45) is 1.69. The highest BCUT2D eigenvalue weighted by atomic mass is 19.1. The number of carbonyl (C=O) groups excluding carboxylic acids is 1. The molecular weight excluding hydrogens is 245 g/mol. The molecule has 0 spiro atoms. The summed E-state index contributed by atoms with van der Waals surface area (Å²) >= 11 is 0. The SMILES string of the molecule is CN(C(=O)Cc1ccc(F)cc1)c1ccc(N)cn1. The number of carbonyl (C=O) groups is 1. The van der Waals surface area contributed by atoms with E-state index in [0.29, 0.717) is 11.5 Å². The third kappa shape index (κ3) is 3.28. The minimum Gasteiger partial charge on any atom is -0.397 e. The topological polar surface area (TPSA) is 59.2 Å². The number of nitrogens with zero attached hydrogens (tertiary/aromatic N) is 2. The van der Waals surface area contributed by atoms with Crippen LogP contribution >= 0.6 is 0 Å². The van der Waals surface area contributed by atoms with Crippen molar-refractivity contribution >= 4 is 17.4 Å². The number of benzene rings is 1. The van der Waals surface area contributed by atoms with Crippen LogP contribution in [0.15, 0.2) is 42.6 Å². The van der Waals surface area contributed by atoms with Gasteiger partial charge in [-0.2, -0.15) is 0 Å². The van der Waals surface area contributed by atoms with E-state index in [1.807, 2.05) is 0 Å². The van der Waals surface area contributed by atoms with Crippen molar-refractivity contribution in [3.05, 3.63) is 54.0 Å². The maximum atomic E-state index is 12.8. The van der Waals surface area contributed by atoms with Crippen molar-refractivity contribution in [1.29, 1.82) is 0 Å². The Morgan fingerprint density at radius 1 is 1.26 bits per heavy atom. The van der Waals surface area contributed by atoms with E-state index < -0.39 is 0 Å². The Balaban J connectivity index is 2.07. The van der Waals surface area contributed by atoms with E-state index in [1.54, 1.807) is 31.3 Å². The molecule has 0 saturated carbocycles. The van der Waals surface area contributed by atoms with Crippen LogP contribution in [0.2, 0.25) is 0 Å². The zero-order chi connectivity index (χ0) is 13.8. The van der Waals surface area contributed by atoms with Crippen LogP contribution in [0.4, 0.5) is 15.9 Å². The van der Waals surface area contributed by atoms with Gasteiger partial charge in [-0.15, -0.1) is 0 Å². The zero-order valence-corrected chi connectivity index (χ0v) is 10.5. The molecule has 5 heteroatoms. The van der Waals surface area contributed by atoms with Gasteiger partial charge in [0.05, 0.1) is 18.3 Å². The van der Waals surface area contributed by atoms with Gasteiger partial charge in [-0.1, -0.05) is 12.1 Å². The lowest BCUT2D eigenvalue weighted by molar-refractivity contribution is -0.117. The van der Waals surface area contributed by atoms with Crippen molar-refractivity contribution in [2.75, 3.05) is 17.7 Å². The van der Waals surface area contributed by atoms with E-state index in [4.69, 9.17) is 5.73 Å². The molecule has 0 aliphatic heterocycles. The van der Waals surface area contributed by atoms with E-state index in [0.717, 1.165) is 5.56 Å². The second-order valence-corrected chi connectivity index (χ2v) is 4.21. The minimum absolute atomic E-state index is 0.121. The van der Waals surface area contributed by atoms with Crippen LogP contribution in [0, 0.1) is 5.82 Å². The number of hydrogen-bond acceptors (Lipinski definition) is 3. The third-order valence-electron chi connectivity index (χ3n) is 2.76. The number of nitrogens with two attached hydrogens (primary N) is 1. The highest BCUT2D eigenvalue weighted by molar-refractivity contribution is 5.93. The van der Waals surface area contributed by atoms with Crippen molar-refractivity contribution in [1.82, 2.24) is 4.98 Å². The Morgan fingerprint density at radius 3 is 2.53 bits per heavy atom. The fraction of sp³-hybridized carbons (Fsp3) is 0.143. The Labute approximate surface area is 110 Å². The highest BCUT2D eigenvalue weighted by Gasteiger charge is 2.12. The second-order valence-electron chi connectivity index (χ2n) is 4.21. The Morgan fingerprint density at radius 2 is 1.95 bits per heavy atom. The molecule has 4 nitrogen and oxygen atoms in total. The van der Waals surface area contributed by atoms with Crippen molar-refractivity contribution in [3.8, 4) is 0 Å². The van der Waals surface area contributed by atoms with Gasteiger partial charge in [0.15, 0.2) is 0 Å². The molecule has 0 radical (unpaired) electrons. The number of amides is 1. The normalized spacial score (nSPS) is 10.2. The molecule has 0 atom stereocenters. The number of halogens is 1. The number of rotatable bonds is 3. The molecule has 0 aliphatic carbocycles. The van der Waals surface area contributed by atoms with Crippen molar-refractivity contribution in [2.24, 2.45) is 0 Å². The Bertz CT molecular complexity index is 566. The first-order valence-electron chi connectivity index (χ1n) is 5.79. The number of anilines is 2. The van der Waals surface area contributed by atoms with Crippen molar-refractivity contribution < 1.29 is 9.18 Å². The predicted octanol–water partition coefficient (Wildman–Crippen LogP) is 2.01. The van der Waals surface area contributed by atoms with Gasteiger partial charge in [-0.25, -0.2) is 9.37 Å². The number of nitrogen functional groups attached to an aromatic ring is 1. The van der Waals surface area contributed by atoms with E-state index in [-0.39, 0.29) is 18.1 Å². The molecule has 19 heavy (non-hydrogen) atoms. The highest BCUT2D eigenvalue weighted by Crippen LogP contribution is 2.12. The molecular formula is C14H14FN3O. The largest absolute Gasteiger partial charge is 0.397 e. The van der Waals surface area contributed by atoms with Crippen molar-refractivity contribution in [3.63, 3.8) is 0 Å². The monoisotopic (exact) mass is 259 g/mol. The Kier molecular flexibility index (Phi) is 3.75. The molecule has 0 aliphatic rings. The van der Waals surface area contributed by atoms with Crippen LogP contribution in [0.3, 0.4) is 0 Å². The first-order valence-corrected chi connectivity index (χ1v) is 5.79. The van der Waals surface area contributed by atoms with Gasteiger partial charge < -0.3 is 5.73 Å². The zero-order valence-electron chi connectivity index (χ0n) is 10.5. The fourth-order valence-electron chi connectivity index (χ4n) is 1.62. The summed E-state index contributed by atoms with van der Waals surface area (Å²) in [6, 6.07) is 9.23. The van der Waals surface area contributed by atoms with Crippen molar-refractivity contribution in [2.45, 2.75) is 6.42 Å². The Hall–Kier alpha value is -2.43. The molecule has 0 bridgehead atoms. The molecule has 1 heterocycles. The van der Waals surface area contributed by atoms with Gasteiger partial charge in [0.25, 0.3) is 0 Å². The first kappa shape index (κ1) is 13.0. The van der Waals surface area contributed by atoms with E-state index >= 15 is 0 Å². The molecule has 1 aromatic heterocycles. The summed E-state index contributed by atoms with van der Waals surface area (Å²) in [7, 11) is 1.64. The van der Waals surface area contributed by atoms with E-state index in [2.05, 4.69) is 4.98 Å². The standard InChI is InChI=1S/C14H14FN3O/c1-18(13-7-6-12(16)9-17-13)14(19)8-10-2-4-11(15)5-3-10/h2-7,9H,8,16H2,1H3. The van der Waals surface area contributed by atoms with Gasteiger partial charge in [-0.05, 0) is 29.8 Å². The summed E-state index contributed by atoms with van der Waals surface area (Å²) in [5.41, 5.74) is 6.84. The average molecular weight is 259 g/mol. The fourth-order valence-corrected chi connectivity index (χ4v) is 1.62. The quantitative estimate of drug-likeness (QED) is 0.917. The van der Waals surface area contributed by atoms with Crippen LogP contribution < -0.4 is 10.6 Å². The van der Waals surface area contributed by atoms with E-state index in [9.17, 15) is 9.18 Å². The number of aromatic nitrogens is 1. The first-order chi connectivity index (χ1) is 9.06. The van der Waals surface area contributed by atoms with E-state index in [1.165, 1.54) is 23.2 Å². The molecule has 0 fully saturated rings. The summed E-state index contributed by atoms with van der Waals surface area (Å²) in [5.74, 6) is 0.0925. The van der Waals surface area contributed by atoms with Crippen LogP contribution in [-0.2, 0) is 11.2 Å². The van der Waals surface area contributed by atoms with Crippen LogP contribution in [-0.4, -0.2) is 17.9 Å². The number of pyridine rings is 1.